The summed E-state index contributed by atoms with van der Waals surface area (Å²) in [5.41, 5.74) is 1.63. The van der Waals surface area contributed by atoms with Crippen molar-refractivity contribution in [2.75, 3.05) is 12.0 Å². The summed E-state index contributed by atoms with van der Waals surface area (Å²) in [6.07, 6.45) is 3.40. The van der Waals surface area contributed by atoms with Crippen molar-refractivity contribution in [1.29, 1.82) is 5.26 Å². The summed E-state index contributed by atoms with van der Waals surface area (Å²) in [5.74, 6) is 1.93. The smallest absolute Gasteiger partial charge is 0.304 e. The van der Waals surface area contributed by atoms with Crippen LogP contribution in [-0.2, 0) is 40.1 Å². The van der Waals surface area contributed by atoms with Gasteiger partial charge in [-0.1, -0.05) is 111 Å². The number of amides is 4. The molecule has 1 aliphatic heterocycles. The zero-order valence-electron chi connectivity index (χ0n) is 34.8. The number of nitriles is 1. The molecule has 2 heterocycles. The molecule has 1 saturated heterocycles. The Bertz CT molecular complexity index is 1750. The number of carbonyl (C=O) groups excluding carboxylic acids is 3. The average molecular weight is 784 g/mol. The first-order valence-corrected chi connectivity index (χ1v) is 19.2. The highest BCUT2D eigenvalue weighted by Gasteiger charge is 2.52. The number of hydrogen-bond donors (Lipinski definition) is 1. The van der Waals surface area contributed by atoms with E-state index in [0.29, 0.717) is 16.9 Å². The summed E-state index contributed by atoms with van der Waals surface area (Å²) >= 11 is 0. The lowest BCUT2D eigenvalue weighted by Crippen LogP contribution is -2.43. The van der Waals surface area contributed by atoms with E-state index in [1.165, 1.54) is 81.1 Å². The number of hydroxylamine groups is 1. The third-order valence-electron chi connectivity index (χ3n) is 9.04. The number of alkyl halides is 3. The quantitative estimate of drug-likeness (QED) is 0.0978. The maximum Gasteiger partial charge on any atom is 0.417 e. The largest absolute Gasteiger partial charge is 0.417 e. The lowest BCUT2D eigenvalue weighted by atomic mass is 9.98. The number of halogens is 3. The molecule has 0 radical (unpaired) electrons. The van der Waals surface area contributed by atoms with Gasteiger partial charge in [-0.3, -0.25) is 14.4 Å². The summed E-state index contributed by atoms with van der Waals surface area (Å²) in [5, 5.41) is 16.6. The van der Waals surface area contributed by atoms with E-state index in [1.54, 1.807) is 0 Å². The van der Waals surface area contributed by atoms with Crippen molar-refractivity contribution >= 4 is 23.5 Å². The Balaban J connectivity index is 0.000000384. The van der Waals surface area contributed by atoms with Crippen LogP contribution in [0.5, 0.6) is 0 Å². The summed E-state index contributed by atoms with van der Waals surface area (Å²) in [6, 6.07) is 12.2. The molecule has 0 atom stereocenters. The van der Waals surface area contributed by atoms with Gasteiger partial charge in [0, 0.05) is 0 Å². The Morgan fingerprint density at radius 1 is 0.929 bits per heavy atom. The molecule has 1 N–H and O–H groups in total. The summed E-state index contributed by atoms with van der Waals surface area (Å²) < 4.78 is 41.2. The third-order valence-corrected chi connectivity index (χ3v) is 9.04. The molecule has 2 aromatic carbocycles. The Hall–Kier alpha value is -4.77. The first-order valence-electron chi connectivity index (χ1n) is 19.2. The van der Waals surface area contributed by atoms with E-state index in [0.717, 1.165) is 34.8 Å². The maximum atomic E-state index is 13.4. The van der Waals surface area contributed by atoms with E-state index < -0.39 is 40.7 Å². The molecular formula is C42H60F3N7O4. The minimum atomic E-state index is -4.85. The van der Waals surface area contributed by atoms with Crippen LogP contribution in [0.1, 0.15) is 129 Å². The zero-order chi connectivity index (χ0) is 42.4. The molecule has 4 rings (SSSR count). The fraction of sp³-hybridized carbons (Fsp3) is 0.571. The number of hydrogen-bond acceptors (Lipinski definition) is 7. The predicted molar refractivity (Wildman–Crippen MR) is 211 cm³/mol. The van der Waals surface area contributed by atoms with E-state index in [4.69, 9.17) is 5.26 Å². The fourth-order valence-electron chi connectivity index (χ4n) is 5.89. The van der Waals surface area contributed by atoms with Crippen LogP contribution in [0.3, 0.4) is 0 Å². The van der Waals surface area contributed by atoms with Gasteiger partial charge in [-0.05, 0) is 73.3 Å². The first-order chi connectivity index (χ1) is 26.1. The molecule has 0 unspecified atom stereocenters. The summed E-state index contributed by atoms with van der Waals surface area (Å²) in [7, 11) is 1.26. The molecule has 0 spiro atoms. The van der Waals surface area contributed by atoms with Gasteiger partial charge < -0.3 is 4.90 Å². The van der Waals surface area contributed by atoms with Crippen molar-refractivity contribution in [2.45, 2.75) is 132 Å². The summed E-state index contributed by atoms with van der Waals surface area (Å²) in [4.78, 5) is 43.9. The second kappa shape index (κ2) is 21.5. The Morgan fingerprint density at radius 3 is 2.00 bits per heavy atom. The molecule has 1 fully saturated rings. The van der Waals surface area contributed by atoms with Crippen molar-refractivity contribution in [3.8, 4) is 6.07 Å². The van der Waals surface area contributed by atoms with Crippen molar-refractivity contribution in [3.63, 3.8) is 0 Å². The number of urea groups is 1. The van der Waals surface area contributed by atoms with Crippen molar-refractivity contribution in [1.82, 2.24) is 25.4 Å². The van der Waals surface area contributed by atoms with Crippen LogP contribution in [0.2, 0.25) is 0 Å². The van der Waals surface area contributed by atoms with Crippen molar-refractivity contribution < 1.29 is 32.4 Å². The number of nitrogens with zero attached hydrogens (tertiary/aromatic N) is 6. The molecule has 56 heavy (non-hydrogen) atoms. The monoisotopic (exact) mass is 783 g/mol. The molecule has 0 bridgehead atoms. The third kappa shape index (κ3) is 14.4. The Kier molecular flexibility index (Phi) is 18.2. The van der Waals surface area contributed by atoms with Gasteiger partial charge in [-0.2, -0.15) is 18.4 Å². The number of imide groups is 1. The highest BCUT2D eigenvalue weighted by molar-refractivity contribution is 6.23. The standard InChI is InChI=1S/C19H18F3N7O4.C13H20.C10H22/c1-18(2)16(31)29(13-5-4-11(7-23)14(6-13)19(20,21)22)17(32)28(18)9-12-8-27(26-24-12)10-15(30)25-33-3;1-10(2)9-12-5-7-13(8-6-12)11(3)4;1-9(2)7-5-6-8-10(3)4/h4-6,8H,9-10H2,1-3H3,(H,25,30);5-8,10-11H,9H2,1-4H3;9-10H,5-8H2,1-4H3. The van der Waals surface area contributed by atoms with Crippen LogP contribution in [0.25, 0.3) is 0 Å². The lowest BCUT2D eigenvalue weighted by Gasteiger charge is -2.26. The number of anilines is 1. The van der Waals surface area contributed by atoms with Gasteiger partial charge in [0.05, 0.1) is 42.7 Å². The predicted octanol–water partition coefficient (Wildman–Crippen LogP) is 9.46. The van der Waals surface area contributed by atoms with Gasteiger partial charge in [0.1, 0.15) is 17.8 Å². The fourth-order valence-corrected chi connectivity index (χ4v) is 5.89. The number of benzene rings is 2. The molecule has 1 aliphatic rings. The number of unbranched alkanes of at least 4 members (excludes halogenated alkanes) is 1. The minimum Gasteiger partial charge on any atom is -0.304 e. The van der Waals surface area contributed by atoms with E-state index >= 15 is 0 Å². The van der Waals surface area contributed by atoms with Crippen LogP contribution in [0, 0.1) is 29.1 Å². The van der Waals surface area contributed by atoms with Crippen LogP contribution in [-0.4, -0.2) is 50.4 Å². The van der Waals surface area contributed by atoms with Crippen LogP contribution < -0.4 is 10.4 Å². The van der Waals surface area contributed by atoms with Crippen LogP contribution in [0.4, 0.5) is 23.7 Å². The van der Waals surface area contributed by atoms with E-state index in [1.807, 2.05) is 0 Å². The highest BCUT2D eigenvalue weighted by Crippen LogP contribution is 2.38. The van der Waals surface area contributed by atoms with Crippen molar-refractivity contribution in [2.24, 2.45) is 17.8 Å². The zero-order valence-corrected chi connectivity index (χ0v) is 34.8. The number of carbonyl (C=O) groups is 3. The Labute approximate surface area is 330 Å². The first kappa shape index (κ1) is 47.4. The second-order valence-electron chi connectivity index (χ2n) is 16.1. The molecule has 0 aliphatic carbocycles. The minimum absolute atomic E-state index is 0.192. The van der Waals surface area contributed by atoms with E-state index in [9.17, 15) is 27.6 Å². The van der Waals surface area contributed by atoms with Gasteiger partial charge in [0.15, 0.2) is 0 Å². The normalized spacial score (nSPS) is 13.9. The van der Waals surface area contributed by atoms with Gasteiger partial charge in [0.2, 0.25) is 0 Å². The van der Waals surface area contributed by atoms with Gasteiger partial charge in [-0.15, -0.1) is 5.10 Å². The number of nitrogens with one attached hydrogen (secondary N) is 1. The SMILES string of the molecule is CC(C)CCCCC(C)C.CC(C)Cc1ccc(C(C)C)cc1.CONC(=O)Cn1cc(CN2C(=O)N(c3ccc(C#N)c(C(F)(F)F)c3)C(=O)C2(C)C)nn1. The van der Waals surface area contributed by atoms with Gasteiger partial charge in [0.25, 0.3) is 11.8 Å². The Morgan fingerprint density at radius 2 is 1.52 bits per heavy atom. The number of aromatic nitrogens is 3. The van der Waals surface area contributed by atoms with Crippen LogP contribution >= 0.6 is 0 Å². The van der Waals surface area contributed by atoms with E-state index in [-0.39, 0.29) is 24.5 Å². The van der Waals surface area contributed by atoms with Crippen LogP contribution in [0.15, 0.2) is 48.7 Å². The van der Waals surface area contributed by atoms with Gasteiger partial charge >= 0.3 is 12.2 Å². The van der Waals surface area contributed by atoms with Gasteiger partial charge in [-0.25, -0.2) is 19.9 Å². The second-order valence-corrected chi connectivity index (χ2v) is 16.1. The topological polar surface area (TPSA) is 133 Å². The van der Waals surface area contributed by atoms with E-state index in [2.05, 4.69) is 100 Å². The lowest BCUT2D eigenvalue weighted by molar-refractivity contribution is -0.138. The molecule has 0 saturated carbocycles. The molecule has 3 aromatic rings. The molecule has 14 heteroatoms. The molecule has 11 nitrogen and oxygen atoms in total. The molecule has 4 amide bonds. The highest BCUT2D eigenvalue weighted by atomic mass is 19.4. The number of rotatable bonds is 14. The molecular weight excluding hydrogens is 724 g/mol. The molecule has 308 valence electrons. The van der Waals surface area contributed by atoms with Crippen molar-refractivity contribution in [3.05, 3.63) is 76.6 Å². The maximum absolute atomic E-state index is 13.4. The molecule has 1 aromatic heterocycles. The summed E-state index contributed by atoms with van der Waals surface area (Å²) in [6.45, 7) is 20.7. The average Bonchev–Trinajstić information content (AvgIpc) is 3.61.